The van der Waals surface area contributed by atoms with E-state index in [-0.39, 0.29) is 12.0 Å². The van der Waals surface area contributed by atoms with Crippen LogP contribution in [-0.2, 0) is 9.47 Å². The molecule has 1 aliphatic heterocycles. The lowest BCUT2D eigenvalue weighted by Gasteiger charge is -2.34. The number of amides is 1. The van der Waals surface area contributed by atoms with Crippen molar-refractivity contribution >= 4 is 23.0 Å². The van der Waals surface area contributed by atoms with E-state index in [1.165, 1.54) is 7.11 Å². The molecular weight excluding hydrogens is 346 g/mol. The lowest BCUT2D eigenvalue weighted by molar-refractivity contribution is 0.0205. The van der Waals surface area contributed by atoms with Gasteiger partial charge in [0.05, 0.1) is 18.9 Å². The zero-order chi connectivity index (χ0) is 19.6. The topological polar surface area (TPSA) is 81.6 Å². The number of carbonyl (C=O) groups is 2. The van der Waals surface area contributed by atoms with Gasteiger partial charge in [-0.25, -0.2) is 9.59 Å². The normalized spacial score (nSPS) is 15.6. The zero-order valence-electron chi connectivity index (χ0n) is 16.2. The van der Waals surface area contributed by atoms with E-state index in [0.717, 1.165) is 23.8 Å². The highest BCUT2D eigenvalue weighted by atomic mass is 16.6. The van der Waals surface area contributed by atoms with Crippen molar-refractivity contribution in [2.24, 2.45) is 0 Å². The Bertz CT molecular complexity index is 852. The maximum Gasteiger partial charge on any atom is 0.410 e. The first-order chi connectivity index (χ1) is 12.8. The van der Waals surface area contributed by atoms with E-state index in [4.69, 9.17) is 9.47 Å². The Hall–Kier alpha value is -2.70. The number of ether oxygens (including phenoxy) is 2. The molecule has 0 bridgehead atoms. The highest BCUT2D eigenvalue weighted by molar-refractivity contribution is 6.03. The third-order valence-electron chi connectivity index (χ3n) is 4.71. The minimum Gasteiger partial charge on any atom is -0.465 e. The highest BCUT2D eigenvalue weighted by Gasteiger charge is 2.28. The van der Waals surface area contributed by atoms with Gasteiger partial charge in [0.2, 0.25) is 0 Å². The molecule has 0 aliphatic carbocycles. The van der Waals surface area contributed by atoms with E-state index in [1.807, 2.05) is 32.9 Å². The molecule has 2 aromatic rings. The van der Waals surface area contributed by atoms with Gasteiger partial charge in [-0.1, -0.05) is 6.07 Å². The maximum atomic E-state index is 12.3. The molecule has 0 spiro atoms. The van der Waals surface area contributed by atoms with Gasteiger partial charge in [-0.05, 0) is 57.2 Å². The number of benzene rings is 1. The summed E-state index contributed by atoms with van der Waals surface area (Å²) >= 11 is 0. The minimum atomic E-state index is -0.494. The van der Waals surface area contributed by atoms with Crippen molar-refractivity contribution in [1.29, 1.82) is 0 Å². The summed E-state index contributed by atoms with van der Waals surface area (Å²) in [6.45, 7) is 6.88. The predicted molar refractivity (Wildman–Crippen MR) is 101 cm³/mol. The van der Waals surface area contributed by atoms with Gasteiger partial charge in [-0.2, -0.15) is 5.10 Å². The molecule has 1 aromatic carbocycles. The Balaban J connectivity index is 1.80. The molecule has 1 aliphatic rings. The number of methoxy groups -OCH3 is 1. The average molecular weight is 371 g/mol. The standard InChI is InChI=1S/C20H25N3O4/c1-20(2,3)27-19(25)23-11-8-13(9-12-23)14-5-6-16(18(24)26-4)17-15(14)7-10-21-22-17/h5-7,10,13H,8-9,11-12H2,1-4H3. The first-order valence-corrected chi connectivity index (χ1v) is 9.10. The predicted octanol–water partition coefficient (Wildman–Crippen LogP) is 3.53. The van der Waals surface area contributed by atoms with Crippen LogP contribution in [0.4, 0.5) is 4.79 Å². The first-order valence-electron chi connectivity index (χ1n) is 9.10. The second-order valence-electron chi connectivity index (χ2n) is 7.73. The molecule has 144 valence electrons. The van der Waals surface area contributed by atoms with Crippen LogP contribution < -0.4 is 0 Å². The quantitative estimate of drug-likeness (QED) is 0.751. The first kappa shape index (κ1) is 19.1. The zero-order valence-corrected chi connectivity index (χ0v) is 16.2. The maximum absolute atomic E-state index is 12.3. The summed E-state index contributed by atoms with van der Waals surface area (Å²) in [7, 11) is 1.35. The lowest BCUT2D eigenvalue weighted by Crippen LogP contribution is -2.41. The number of hydrogen-bond acceptors (Lipinski definition) is 6. The second-order valence-corrected chi connectivity index (χ2v) is 7.73. The number of esters is 1. The van der Waals surface area contributed by atoms with Crippen LogP contribution in [0.25, 0.3) is 10.9 Å². The molecule has 0 unspecified atom stereocenters. The van der Waals surface area contributed by atoms with Gasteiger partial charge >= 0.3 is 12.1 Å². The molecule has 7 heteroatoms. The average Bonchev–Trinajstić information content (AvgIpc) is 2.65. The van der Waals surface area contributed by atoms with Crippen LogP contribution >= 0.6 is 0 Å². The fraction of sp³-hybridized carbons (Fsp3) is 0.500. The summed E-state index contributed by atoms with van der Waals surface area (Å²) in [5, 5.41) is 8.98. The highest BCUT2D eigenvalue weighted by Crippen LogP contribution is 2.34. The van der Waals surface area contributed by atoms with E-state index in [1.54, 1.807) is 17.2 Å². The van der Waals surface area contributed by atoms with Crippen molar-refractivity contribution in [2.45, 2.75) is 45.1 Å². The van der Waals surface area contributed by atoms with Crippen LogP contribution in [-0.4, -0.2) is 53.0 Å². The van der Waals surface area contributed by atoms with Gasteiger partial charge in [-0.15, -0.1) is 5.10 Å². The monoisotopic (exact) mass is 371 g/mol. The number of carbonyl (C=O) groups excluding carboxylic acids is 2. The van der Waals surface area contributed by atoms with Crippen LogP contribution in [0.5, 0.6) is 0 Å². The summed E-state index contributed by atoms with van der Waals surface area (Å²) < 4.78 is 10.3. The van der Waals surface area contributed by atoms with Crippen LogP contribution in [0.3, 0.4) is 0 Å². The van der Waals surface area contributed by atoms with Gasteiger partial charge in [0.15, 0.2) is 0 Å². The number of fused-ring (bicyclic) bond motifs is 1. The fourth-order valence-electron chi connectivity index (χ4n) is 3.44. The molecular formula is C20H25N3O4. The van der Waals surface area contributed by atoms with Crippen LogP contribution in [0.1, 0.15) is 55.5 Å². The van der Waals surface area contributed by atoms with E-state index in [9.17, 15) is 9.59 Å². The van der Waals surface area contributed by atoms with Gasteiger partial charge in [0.25, 0.3) is 0 Å². The van der Waals surface area contributed by atoms with Crippen LogP contribution in [0, 0.1) is 0 Å². The number of hydrogen-bond donors (Lipinski definition) is 0. The molecule has 1 aromatic heterocycles. The number of rotatable bonds is 2. The van der Waals surface area contributed by atoms with E-state index in [2.05, 4.69) is 10.2 Å². The summed E-state index contributed by atoms with van der Waals surface area (Å²) in [6, 6.07) is 5.59. The van der Waals surface area contributed by atoms with E-state index in [0.29, 0.717) is 24.2 Å². The van der Waals surface area contributed by atoms with Crippen LogP contribution in [0.15, 0.2) is 24.4 Å². The molecule has 0 N–H and O–H groups in total. The molecule has 0 saturated carbocycles. The van der Waals surface area contributed by atoms with Crippen molar-refractivity contribution in [2.75, 3.05) is 20.2 Å². The van der Waals surface area contributed by atoms with Crippen molar-refractivity contribution < 1.29 is 19.1 Å². The molecule has 1 fully saturated rings. The molecule has 1 amide bonds. The van der Waals surface area contributed by atoms with Crippen molar-refractivity contribution in [3.05, 3.63) is 35.5 Å². The number of aromatic nitrogens is 2. The van der Waals surface area contributed by atoms with Crippen molar-refractivity contribution in [3.63, 3.8) is 0 Å². The van der Waals surface area contributed by atoms with Crippen molar-refractivity contribution in [3.8, 4) is 0 Å². The lowest BCUT2D eigenvalue weighted by atomic mass is 9.86. The van der Waals surface area contributed by atoms with Crippen LogP contribution in [0.2, 0.25) is 0 Å². The van der Waals surface area contributed by atoms with Crippen molar-refractivity contribution in [1.82, 2.24) is 15.1 Å². The number of nitrogens with zero attached hydrogens (tertiary/aromatic N) is 3. The Morgan fingerprint density at radius 2 is 1.85 bits per heavy atom. The smallest absolute Gasteiger partial charge is 0.410 e. The Kier molecular flexibility index (Phi) is 5.30. The van der Waals surface area contributed by atoms with E-state index < -0.39 is 11.6 Å². The molecule has 27 heavy (non-hydrogen) atoms. The summed E-state index contributed by atoms with van der Waals surface area (Å²) in [6.07, 6.45) is 3.02. The van der Waals surface area contributed by atoms with Gasteiger partial charge in [0, 0.05) is 18.5 Å². The van der Waals surface area contributed by atoms with Gasteiger partial charge < -0.3 is 14.4 Å². The summed E-state index contributed by atoms with van der Waals surface area (Å²) in [4.78, 5) is 26.0. The SMILES string of the molecule is COC(=O)c1ccc(C2CCN(C(=O)OC(C)(C)C)CC2)c2ccnnc12. The second kappa shape index (κ2) is 7.50. The Morgan fingerprint density at radius 1 is 1.15 bits per heavy atom. The fourth-order valence-corrected chi connectivity index (χ4v) is 3.44. The minimum absolute atomic E-state index is 0.266. The third-order valence-corrected chi connectivity index (χ3v) is 4.71. The molecule has 7 nitrogen and oxygen atoms in total. The molecule has 3 rings (SSSR count). The van der Waals surface area contributed by atoms with E-state index >= 15 is 0 Å². The molecule has 2 heterocycles. The number of likely N-dealkylation sites (tertiary alicyclic amines) is 1. The summed E-state index contributed by atoms with van der Waals surface area (Å²) in [5.74, 6) is -0.145. The van der Waals surface area contributed by atoms with Gasteiger partial charge in [0.1, 0.15) is 11.1 Å². The molecule has 0 radical (unpaired) electrons. The Labute approximate surface area is 158 Å². The third kappa shape index (κ3) is 4.18. The molecule has 0 atom stereocenters. The summed E-state index contributed by atoms with van der Waals surface area (Å²) in [5.41, 5.74) is 1.59. The van der Waals surface area contributed by atoms with Gasteiger partial charge in [-0.3, -0.25) is 0 Å². The number of piperidine rings is 1. The largest absolute Gasteiger partial charge is 0.465 e. The Morgan fingerprint density at radius 3 is 2.48 bits per heavy atom. The molecule has 1 saturated heterocycles.